The first kappa shape index (κ1) is 13.9. The molecule has 0 unspecified atom stereocenters. The summed E-state index contributed by atoms with van der Waals surface area (Å²) in [4.78, 5) is 1.37. The van der Waals surface area contributed by atoms with Crippen molar-refractivity contribution in [3.8, 4) is 0 Å². The summed E-state index contributed by atoms with van der Waals surface area (Å²) in [5.74, 6) is 0. The number of benzene rings is 1. The molecule has 1 aromatic carbocycles. The van der Waals surface area contributed by atoms with Crippen LogP contribution in [0.4, 0.5) is 0 Å². The molecule has 20 heavy (non-hydrogen) atoms. The van der Waals surface area contributed by atoms with Crippen LogP contribution in [0.5, 0.6) is 0 Å². The Morgan fingerprint density at radius 2 is 2.15 bits per heavy atom. The van der Waals surface area contributed by atoms with Crippen molar-refractivity contribution in [2.75, 3.05) is 6.54 Å². The van der Waals surface area contributed by atoms with E-state index in [0.29, 0.717) is 0 Å². The Hall–Kier alpha value is -1.10. The number of fused-ring (bicyclic) bond motifs is 1. The summed E-state index contributed by atoms with van der Waals surface area (Å²) in [6, 6.07) is 11.1. The highest BCUT2D eigenvalue weighted by Crippen LogP contribution is 2.23. The fourth-order valence-electron chi connectivity index (χ4n) is 2.37. The average Bonchev–Trinajstić information content (AvgIpc) is 3.04. The summed E-state index contributed by atoms with van der Waals surface area (Å²) in [6.45, 7) is 5.02. The van der Waals surface area contributed by atoms with Crippen LogP contribution in [0.15, 0.2) is 46.4 Å². The van der Waals surface area contributed by atoms with Crippen molar-refractivity contribution in [1.29, 1.82) is 0 Å². The van der Waals surface area contributed by atoms with Gasteiger partial charge in [0.25, 0.3) is 0 Å². The molecule has 0 aliphatic rings. The van der Waals surface area contributed by atoms with E-state index in [1.807, 2.05) is 0 Å². The SMILES string of the molecule is CCNCc1ccc2c(ccn2Cc2cc(Br)cs2)c1. The molecule has 3 rings (SSSR count). The number of halogens is 1. The van der Waals surface area contributed by atoms with Crippen molar-refractivity contribution in [3.63, 3.8) is 0 Å². The van der Waals surface area contributed by atoms with Crippen molar-refractivity contribution in [2.24, 2.45) is 0 Å². The number of hydrogen-bond donors (Lipinski definition) is 1. The highest BCUT2D eigenvalue weighted by Gasteiger charge is 2.04. The molecular weight excluding hydrogens is 332 g/mol. The van der Waals surface area contributed by atoms with Gasteiger partial charge < -0.3 is 9.88 Å². The molecule has 2 aromatic heterocycles. The number of hydrogen-bond acceptors (Lipinski definition) is 2. The van der Waals surface area contributed by atoms with Crippen LogP contribution in [0, 0.1) is 0 Å². The number of nitrogens with one attached hydrogen (secondary N) is 1. The van der Waals surface area contributed by atoms with Crippen molar-refractivity contribution in [2.45, 2.75) is 20.0 Å². The summed E-state index contributed by atoms with van der Waals surface area (Å²) in [6.07, 6.45) is 2.18. The molecule has 1 N–H and O–H groups in total. The van der Waals surface area contributed by atoms with E-state index in [4.69, 9.17) is 0 Å². The molecule has 0 saturated heterocycles. The van der Waals surface area contributed by atoms with Gasteiger partial charge in [-0.2, -0.15) is 0 Å². The predicted octanol–water partition coefficient (Wildman–Crippen LogP) is 4.62. The van der Waals surface area contributed by atoms with Crippen molar-refractivity contribution < 1.29 is 0 Å². The third-order valence-corrected chi connectivity index (χ3v) is 5.04. The van der Waals surface area contributed by atoms with Crippen molar-refractivity contribution in [1.82, 2.24) is 9.88 Å². The monoisotopic (exact) mass is 348 g/mol. The molecular formula is C16H17BrN2S. The molecule has 0 spiro atoms. The second kappa shape index (κ2) is 6.12. The van der Waals surface area contributed by atoms with E-state index in [1.165, 1.54) is 25.8 Å². The lowest BCUT2D eigenvalue weighted by Crippen LogP contribution is -2.11. The van der Waals surface area contributed by atoms with Gasteiger partial charge in [0.15, 0.2) is 0 Å². The summed E-state index contributed by atoms with van der Waals surface area (Å²) < 4.78 is 3.48. The van der Waals surface area contributed by atoms with Gasteiger partial charge in [-0.25, -0.2) is 0 Å². The van der Waals surface area contributed by atoms with Gasteiger partial charge in [0.1, 0.15) is 0 Å². The molecule has 0 aliphatic carbocycles. The van der Waals surface area contributed by atoms with Crippen LogP contribution < -0.4 is 5.32 Å². The molecule has 0 amide bonds. The van der Waals surface area contributed by atoms with E-state index >= 15 is 0 Å². The van der Waals surface area contributed by atoms with E-state index in [2.05, 4.69) is 74.6 Å². The first-order valence-corrected chi connectivity index (χ1v) is 8.45. The third-order valence-electron chi connectivity index (χ3n) is 3.36. The van der Waals surface area contributed by atoms with Crippen LogP contribution in [0.3, 0.4) is 0 Å². The van der Waals surface area contributed by atoms with Gasteiger partial charge in [0, 0.05) is 33.0 Å². The molecule has 0 radical (unpaired) electrons. The van der Waals surface area contributed by atoms with Crippen molar-refractivity contribution in [3.05, 3.63) is 56.8 Å². The molecule has 0 atom stereocenters. The topological polar surface area (TPSA) is 17.0 Å². The minimum Gasteiger partial charge on any atom is -0.342 e. The van der Waals surface area contributed by atoms with Crippen molar-refractivity contribution >= 4 is 38.2 Å². The normalized spacial score (nSPS) is 11.3. The first-order chi connectivity index (χ1) is 9.76. The van der Waals surface area contributed by atoms with Gasteiger partial charge in [0.05, 0.1) is 6.54 Å². The van der Waals surface area contributed by atoms with Gasteiger partial charge in [-0.15, -0.1) is 11.3 Å². The van der Waals surface area contributed by atoms with Crippen LogP contribution in [-0.4, -0.2) is 11.1 Å². The molecule has 3 aromatic rings. The summed E-state index contributed by atoms with van der Waals surface area (Å²) in [5, 5.41) is 6.82. The standard InChI is InChI=1S/C16H17BrN2S/c1-2-18-9-12-3-4-16-13(7-12)5-6-19(16)10-15-8-14(17)11-20-15/h3-8,11,18H,2,9-10H2,1H3. The molecule has 0 bridgehead atoms. The number of rotatable bonds is 5. The van der Waals surface area contributed by atoms with E-state index < -0.39 is 0 Å². The smallest absolute Gasteiger partial charge is 0.0569 e. The van der Waals surface area contributed by atoms with E-state index in [9.17, 15) is 0 Å². The minimum absolute atomic E-state index is 0.937. The largest absolute Gasteiger partial charge is 0.342 e. The Morgan fingerprint density at radius 1 is 1.25 bits per heavy atom. The quantitative estimate of drug-likeness (QED) is 0.711. The van der Waals surface area contributed by atoms with Gasteiger partial charge in [-0.1, -0.05) is 13.0 Å². The molecule has 0 aliphatic heterocycles. The lowest BCUT2D eigenvalue weighted by atomic mass is 10.1. The van der Waals surface area contributed by atoms with E-state index in [0.717, 1.165) is 19.6 Å². The Labute approximate surface area is 131 Å². The third kappa shape index (κ3) is 2.97. The number of aromatic nitrogens is 1. The second-order valence-corrected chi connectivity index (χ2v) is 6.76. The Kier molecular flexibility index (Phi) is 4.24. The van der Waals surface area contributed by atoms with Crippen LogP contribution in [0.2, 0.25) is 0 Å². The summed E-state index contributed by atoms with van der Waals surface area (Å²) >= 11 is 5.31. The summed E-state index contributed by atoms with van der Waals surface area (Å²) in [5.41, 5.74) is 2.64. The Bertz CT molecular complexity index is 714. The average molecular weight is 349 g/mol. The highest BCUT2D eigenvalue weighted by atomic mass is 79.9. The maximum atomic E-state index is 3.51. The second-order valence-electron chi connectivity index (χ2n) is 4.85. The number of nitrogens with zero attached hydrogens (tertiary/aromatic N) is 1. The molecule has 104 valence electrons. The Morgan fingerprint density at radius 3 is 2.90 bits per heavy atom. The van der Waals surface area contributed by atoms with E-state index in [-0.39, 0.29) is 0 Å². The number of thiophene rings is 1. The highest BCUT2D eigenvalue weighted by molar-refractivity contribution is 9.10. The van der Waals surface area contributed by atoms with E-state index in [1.54, 1.807) is 11.3 Å². The molecule has 2 heterocycles. The lowest BCUT2D eigenvalue weighted by molar-refractivity contribution is 0.727. The maximum absolute atomic E-state index is 3.51. The zero-order chi connectivity index (χ0) is 13.9. The minimum atomic E-state index is 0.937. The maximum Gasteiger partial charge on any atom is 0.0569 e. The molecule has 4 heteroatoms. The summed E-state index contributed by atoms with van der Waals surface area (Å²) in [7, 11) is 0. The molecule has 2 nitrogen and oxygen atoms in total. The van der Waals surface area contributed by atoms with Crippen LogP contribution in [-0.2, 0) is 13.1 Å². The van der Waals surface area contributed by atoms with Crippen LogP contribution in [0.1, 0.15) is 17.4 Å². The fourth-order valence-corrected chi connectivity index (χ4v) is 3.82. The van der Waals surface area contributed by atoms with Crippen LogP contribution in [0.25, 0.3) is 10.9 Å². The van der Waals surface area contributed by atoms with Gasteiger partial charge in [-0.05, 0) is 57.7 Å². The van der Waals surface area contributed by atoms with Crippen LogP contribution >= 0.6 is 27.3 Å². The predicted molar refractivity (Wildman–Crippen MR) is 90.4 cm³/mol. The zero-order valence-corrected chi connectivity index (χ0v) is 13.8. The molecule has 0 fully saturated rings. The molecule has 0 saturated carbocycles. The van der Waals surface area contributed by atoms with Gasteiger partial charge in [0.2, 0.25) is 0 Å². The first-order valence-electron chi connectivity index (χ1n) is 6.77. The Balaban J connectivity index is 1.85. The van der Waals surface area contributed by atoms with Gasteiger partial charge in [-0.3, -0.25) is 0 Å². The zero-order valence-electron chi connectivity index (χ0n) is 11.4. The lowest BCUT2D eigenvalue weighted by Gasteiger charge is -2.05. The fraction of sp³-hybridized carbons (Fsp3) is 0.250. The van der Waals surface area contributed by atoms with Gasteiger partial charge >= 0.3 is 0 Å².